The highest BCUT2D eigenvalue weighted by Crippen LogP contribution is 2.61. The molecule has 2 aliphatic carbocycles. The summed E-state index contributed by atoms with van der Waals surface area (Å²) in [6, 6.07) is 0. The molecule has 0 aromatic heterocycles. The number of hydrogen-bond acceptors (Lipinski definition) is 8. The zero-order chi connectivity index (χ0) is 24.3. The van der Waals surface area contributed by atoms with Crippen molar-refractivity contribution >= 4 is 17.5 Å². The molecule has 6 unspecified atom stereocenters. The Labute approximate surface area is 202 Å². The smallest absolute Gasteiger partial charge is 0.349 e. The number of piperidine rings is 1. The number of rotatable bonds is 10. The molecule has 0 radical (unpaired) electrons. The van der Waals surface area contributed by atoms with Crippen molar-refractivity contribution in [1.82, 2.24) is 5.32 Å². The first kappa shape index (κ1) is 25.5. The molecule has 34 heavy (non-hydrogen) atoms. The maximum absolute atomic E-state index is 13.6. The number of esters is 1. The molecule has 4 rings (SSSR count). The largest absolute Gasteiger partial charge is 0.463 e. The lowest BCUT2D eigenvalue weighted by Crippen LogP contribution is -2.58. The predicted molar refractivity (Wildman–Crippen MR) is 126 cm³/mol. The van der Waals surface area contributed by atoms with Gasteiger partial charge in [-0.1, -0.05) is 24.5 Å². The normalized spacial score (nSPS) is 37.7. The van der Waals surface area contributed by atoms with E-state index in [1.165, 1.54) is 0 Å². The van der Waals surface area contributed by atoms with Gasteiger partial charge in [0.25, 0.3) is 5.60 Å². The fraction of sp³-hybridized carbons (Fsp3) is 0.808. The van der Waals surface area contributed by atoms with Gasteiger partial charge < -0.3 is 25.6 Å². The predicted octanol–water partition coefficient (Wildman–Crippen LogP) is 2.17. The molecule has 4 fully saturated rings. The van der Waals surface area contributed by atoms with Gasteiger partial charge in [-0.2, -0.15) is 0 Å². The van der Waals surface area contributed by atoms with Gasteiger partial charge in [0.15, 0.2) is 17.2 Å². The molecule has 8 nitrogen and oxygen atoms in total. The Morgan fingerprint density at radius 1 is 1.21 bits per heavy atom. The van der Waals surface area contributed by atoms with E-state index in [1.54, 1.807) is 0 Å². The highest BCUT2D eigenvalue weighted by atomic mass is 16.7. The van der Waals surface area contributed by atoms with E-state index >= 15 is 0 Å². The second-order valence-corrected chi connectivity index (χ2v) is 10.6. The molecule has 8 heteroatoms. The average molecular weight is 477 g/mol. The number of ketones is 2. The number of hydrogen-bond donors (Lipinski definition) is 3. The van der Waals surface area contributed by atoms with Gasteiger partial charge in [-0.05, 0) is 70.8 Å². The second kappa shape index (κ2) is 10.6. The van der Waals surface area contributed by atoms with E-state index in [4.69, 9.17) is 20.3 Å². The molecule has 0 amide bonds. The van der Waals surface area contributed by atoms with Crippen LogP contribution >= 0.6 is 0 Å². The molecule has 2 saturated heterocycles. The van der Waals surface area contributed by atoms with E-state index in [1.807, 2.05) is 13.0 Å². The van der Waals surface area contributed by atoms with Crippen molar-refractivity contribution < 1.29 is 29.0 Å². The minimum absolute atomic E-state index is 0.0116. The monoisotopic (exact) mass is 476 g/mol. The van der Waals surface area contributed by atoms with Gasteiger partial charge in [0.05, 0.1) is 12.8 Å². The third kappa shape index (κ3) is 4.62. The van der Waals surface area contributed by atoms with E-state index in [2.05, 4.69) is 5.32 Å². The number of epoxide rings is 1. The molecular formula is C26H40N2O6. The first-order chi connectivity index (χ1) is 16.4. The van der Waals surface area contributed by atoms with Gasteiger partial charge in [-0.3, -0.25) is 9.59 Å². The van der Waals surface area contributed by atoms with Crippen molar-refractivity contribution in [3.8, 4) is 0 Å². The SMILES string of the molecule is CC(=CCC12OC1(C(=O)OCCCCO)C(=O)C1CCCCC1C2=O)CCC1CCNC(N)C1. The van der Waals surface area contributed by atoms with Gasteiger partial charge in [-0.25, -0.2) is 4.79 Å². The van der Waals surface area contributed by atoms with Crippen LogP contribution in [0.3, 0.4) is 0 Å². The van der Waals surface area contributed by atoms with Crippen LogP contribution in [-0.4, -0.2) is 59.8 Å². The lowest BCUT2D eigenvalue weighted by atomic mass is 9.61. The van der Waals surface area contributed by atoms with Crippen LogP contribution in [0.15, 0.2) is 11.6 Å². The van der Waals surface area contributed by atoms with Crippen molar-refractivity contribution in [3.63, 3.8) is 0 Å². The minimum atomic E-state index is -1.79. The summed E-state index contributed by atoms with van der Waals surface area (Å²) in [6.45, 7) is 3.09. The van der Waals surface area contributed by atoms with Crippen LogP contribution in [0.25, 0.3) is 0 Å². The van der Waals surface area contributed by atoms with Crippen LogP contribution in [0.1, 0.15) is 77.6 Å². The third-order valence-corrected chi connectivity index (χ3v) is 8.34. The van der Waals surface area contributed by atoms with Crippen molar-refractivity contribution in [2.45, 2.75) is 94.9 Å². The lowest BCUT2D eigenvalue weighted by Gasteiger charge is -2.36. The number of Topliss-reactive ketones (excluding diaryl/α,β-unsaturated/α-hetero) is 2. The third-order valence-electron chi connectivity index (χ3n) is 8.34. The summed E-state index contributed by atoms with van der Waals surface area (Å²) in [5.41, 5.74) is 3.94. The summed E-state index contributed by atoms with van der Waals surface area (Å²) in [4.78, 5) is 40.3. The van der Waals surface area contributed by atoms with E-state index in [-0.39, 0.29) is 43.3 Å². The van der Waals surface area contributed by atoms with Gasteiger partial charge >= 0.3 is 5.97 Å². The maximum atomic E-state index is 13.6. The summed E-state index contributed by atoms with van der Waals surface area (Å²) in [5, 5.41) is 12.2. The highest BCUT2D eigenvalue weighted by molar-refractivity contribution is 6.23. The van der Waals surface area contributed by atoms with Crippen LogP contribution in [0.4, 0.5) is 0 Å². The number of aliphatic hydroxyl groups is 1. The Balaban J connectivity index is 1.47. The molecule has 4 N–H and O–H groups in total. The zero-order valence-corrected chi connectivity index (χ0v) is 20.4. The molecular weight excluding hydrogens is 436 g/mol. The summed E-state index contributed by atoms with van der Waals surface area (Å²) in [6.07, 6.45) is 10.4. The molecule has 2 aliphatic heterocycles. The standard InChI is InChI=1S/C26H40N2O6/c1-17(8-9-18-11-13-28-21(27)16-18)10-12-25-22(30)19-6-2-3-7-20(19)23(31)26(25,34-25)24(32)33-15-5-4-14-29/h10,18-21,28-29H,2-9,11-16,27H2,1H3. The van der Waals surface area contributed by atoms with Gasteiger partial charge in [0.2, 0.25) is 0 Å². The van der Waals surface area contributed by atoms with Crippen molar-refractivity contribution in [1.29, 1.82) is 0 Å². The molecule has 190 valence electrons. The fourth-order valence-corrected chi connectivity index (χ4v) is 6.25. The number of nitrogens with one attached hydrogen (secondary N) is 1. The molecule has 6 atom stereocenters. The number of ether oxygens (including phenoxy) is 2. The lowest BCUT2D eigenvalue weighted by molar-refractivity contribution is -0.158. The van der Waals surface area contributed by atoms with E-state index in [0.717, 1.165) is 50.6 Å². The van der Waals surface area contributed by atoms with Gasteiger partial charge in [-0.15, -0.1) is 0 Å². The molecule has 4 aliphatic rings. The second-order valence-electron chi connectivity index (χ2n) is 10.6. The first-order valence-corrected chi connectivity index (χ1v) is 13.1. The van der Waals surface area contributed by atoms with Crippen LogP contribution in [0.5, 0.6) is 0 Å². The quantitative estimate of drug-likeness (QED) is 0.144. The molecule has 0 aromatic rings. The highest BCUT2D eigenvalue weighted by Gasteiger charge is 2.86. The Bertz CT molecular complexity index is 828. The molecule has 2 heterocycles. The number of allylic oxidation sites excluding steroid dienone is 1. The van der Waals surface area contributed by atoms with Crippen LogP contribution in [-0.2, 0) is 23.9 Å². The average Bonchev–Trinajstić information content (AvgIpc) is 3.55. The summed E-state index contributed by atoms with van der Waals surface area (Å²) in [7, 11) is 0. The van der Waals surface area contributed by atoms with E-state index in [0.29, 0.717) is 31.6 Å². The first-order valence-electron chi connectivity index (χ1n) is 13.1. The van der Waals surface area contributed by atoms with E-state index in [9.17, 15) is 14.4 Å². The van der Waals surface area contributed by atoms with Crippen LogP contribution < -0.4 is 11.1 Å². The summed E-state index contributed by atoms with van der Waals surface area (Å²) >= 11 is 0. The van der Waals surface area contributed by atoms with E-state index < -0.39 is 23.1 Å². The van der Waals surface area contributed by atoms with Crippen molar-refractivity contribution in [2.75, 3.05) is 19.8 Å². The molecule has 0 aromatic carbocycles. The van der Waals surface area contributed by atoms with Crippen molar-refractivity contribution in [3.05, 3.63) is 11.6 Å². The minimum Gasteiger partial charge on any atom is -0.463 e. The number of carbonyl (C=O) groups is 3. The van der Waals surface area contributed by atoms with Crippen LogP contribution in [0.2, 0.25) is 0 Å². The Morgan fingerprint density at radius 3 is 2.65 bits per heavy atom. The summed E-state index contributed by atoms with van der Waals surface area (Å²) < 4.78 is 11.4. The number of nitrogens with two attached hydrogens (primary N) is 1. The Hall–Kier alpha value is -1.61. The van der Waals surface area contributed by atoms with Crippen molar-refractivity contribution in [2.24, 2.45) is 23.5 Å². The van der Waals surface area contributed by atoms with Crippen LogP contribution in [0, 0.1) is 17.8 Å². The molecule has 0 spiro atoms. The number of carbonyl (C=O) groups excluding carboxylic acids is 3. The Kier molecular flexibility index (Phi) is 7.92. The number of unbranched alkanes of at least 4 members (excludes halogenated alkanes) is 1. The zero-order valence-electron chi connectivity index (χ0n) is 20.4. The number of fused-ring (bicyclic) bond motifs is 2. The van der Waals surface area contributed by atoms with Gasteiger partial charge in [0.1, 0.15) is 0 Å². The molecule has 2 saturated carbocycles. The summed E-state index contributed by atoms with van der Waals surface area (Å²) in [5.74, 6) is -1.33. The fourth-order valence-electron chi connectivity index (χ4n) is 6.25. The topological polar surface area (TPSA) is 131 Å². The van der Waals surface area contributed by atoms with Gasteiger partial charge in [0, 0.05) is 24.9 Å². The maximum Gasteiger partial charge on any atom is 0.349 e. The molecule has 0 bridgehead atoms. The Morgan fingerprint density at radius 2 is 1.94 bits per heavy atom. The number of aliphatic hydroxyl groups excluding tert-OH is 1.